The number of methoxy groups -OCH3 is 1. The van der Waals surface area contributed by atoms with Gasteiger partial charge < -0.3 is 14.5 Å². The lowest BCUT2D eigenvalue weighted by molar-refractivity contribution is 0.0954. The van der Waals surface area contributed by atoms with E-state index in [9.17, 15) is 9.59 Å². The van der Waals surface area contributed by atoms with Crippen molar-refractivity contribution in [1.29, 1.82) is 0 Å². The van der Waals surface area contributed by atoms with Crippen LogP contribution in [-0.2, 0) is 6.42 Å². The second-order valence-corrected chi connectivity index (χ2v) is 7.86. The molecule has 4 rings (SSSR count). The molecule has 1 heterocycles. The highest BCUT2D eigenvalue weighted by Gasteiger charge is 2.11. The zero-order valence-corrected chi connectivity index (χ0v) is 18.4. The van der Waals surface area contributed by atoms with Gasteiger partial charge in [-0.2, -0.15) is 0 Å². The van der Waals surface area contributed by atoms with E-state index in [4.69, 9.17) is 9.15 Å². The number of benzene rings is 3. The maximum atomic E-state index is 12.6. The van der Waals surface area contributed by atoms with Crippen molar-refractivity contribution in [2.45, 2.75) is 20.3 Å². The molecule has 0 spiro atoms. The molecule has 0 unspecified atom stereocenters. The van der Waals surface area contributed by atoms with Crippen molar-refractivity contribution in [2.75, 3.05) is 13.7 Å². The Bertz CT molecular complexity index is 1320. The summed E-state index contributed by atoms with van der Waals surface area (Å²) in [6, 6.07) is 20.2. The first-order valence-corrected chi connectivity index (χ1v) is 10.5. The maximum Gasteiger partial charge on any atom is 0.251 e. The van der Waals surface area contributed by atoms with Gasteiger partial charge in [-0.25, -0.2) is 0 Å². The van der Waals surface area contributed by atoms with Gasteiger partial charge in [0.05, 0.1) is 12.5 Å². The number of carbonyl (C=O) groups is 1. The highest BCUT2D eigenvalue weighted by Crippen LogP contribution is 2.25. The highest BCUT2D eigenvalue weighted by atomic mass is 16.5. The Kier molecular flexibility index (Phi) is 6.08. The molecular weight excluding hydrogens is 402 g/mol. The van der Waals surface area contributed by atoms with Crippen molar-refractivity contribution in [1.82, 2.24) is 5.32 Å². The molecule has 0 radical (unpaired) electrons. The van der Waals surface area contributed by atoms with Crippen molar-refractivity contribution >= 4 is 16.9 Å². The summed E-state index contributed by atoms with van der Waals surface area (Å²) in [6.07, 6.45) is 0.731. The Morgan fingerprint density at radius 2 is 1.69 bits per heavy atom. The van der Waals surface area contributed by atoms with E-state index in [1.54, 1.807) is 31.4 Å². The van der Waals surface area contributed by atoms with E-state index in [-0.39, 0.29) is 11.3 Å². The molecule has 1 aromatic heterocycles. The number of ether oxygens (including phenoxy) is 1. The summed E-state index contributed by atoms with van der Waals surface area (Å²) in [5, 5.41) is 3.52. The summed E-state index contributed by atoms with van der Waals surface area (Å²) in [4.78, 5) is 25.1. The second-order valence-electron chi connectivity index (χ2n) is 7.86. The van der Waals surface area contributed by atoms with Crippen LogP contribution in [-0.4, -0.2) is 19.6 Å². The highest BCUT2D eigenvalue weighted by molar-refractivity contribution is 5.94. The average molecular weight is 428 g/mol. The van der Waals surface area contributed by atoms with E-state index >= 15 is 0 Å². The maximum absolute atomic E-state index is 12.6. The molecule has 0 aliphatic carbocycles. The molecule has 0 saturated carbocycles. The fraction of sp³-hybridized carbons (Fsp3) is 0.185. The monoisotopic (exact) mass is 427 g/mol. The first-order chi connectivity index (χ1) is 15.4. The normalized spacial score (nSPS) is 10.8. The Morgan fingerprint density at radius 1 is 0.969 bits per heavy atom. The van der Waals surface area contributed by atoms with E-state index in [0.717, 1.165) is 34.4 Å². The first kappa shape index (κ1) is 21.4. The molecule has 32 heavy (non-hydrogen) atoms. The van der Waals surface area contributed by atoms with Crippen LogP contribution < -0.4 is 15.5 Å². The van der Waals surface area contributed by atoms with Crippen molar-refractivity contribution in [3.05, 3.63) is 99.2 Å². The molecule has 3 aromatic carbocycles. The summed E-state index contributed by atoms with van der Waals surface area (Å²) in [5.41, 5.74) is 4.89. The summed E-state index contributed by atoms with van der Waals surface area (Å²) >= 11 is 0. The predicted octanol–water partition coefficient (Wildman–Crippen LogP) is 5.06. The van der Waals surface area contributed by atoms with Gasteiger partial charge in [0.1, 0.15) is 17.1 Å². The molecular formula is C27H25NO4. The number of carbonyl (C=O) groups excluding carboxylic acids is 1. The molecule has 4 aromatic rings. The van der Waals surface area contributed by atoms with Gasteiger partial charge in [-0.1, -0.05) is 30.3 Å². The minimum absolute atomic E-state index is 0.0756. The van der Waals surface area contributed by atoms with Crippen molar-refractivity contribution in [2.24, 2.45) is 0 Å². The van der Waals surface area contributed by atoms with Crippen molar-refractivity contribution in [3.8, 4) is 17.1 Å². The van der Waals surface area contributed by atoms with Gasteiger partial charge in [0, 0.05) is 23.7 Å². The Hall–Kier alpha value is -3.86. The Labute approximate surface area is 186 Å². The van der Waals surface area contributed by atoms with Gasteiger partial charge >= 0.3 is 0 Å². The number of hydrogen-bond acceptors (Lipinski definition) is 4. The summed E-state index contributed by atoms with van der Waals surface area (Å²) < 4.78 is 11.2. The SMILES string of the molecule is COc1ccc(CCNC(=O)c2ccc(-c3cc(=O)c4cc(C)cc(C)c4o3)cc2)cc1. The lowest BCUT2D eigenvalue weighted by atomic mass is 10.1. The van der Waals surface area contributed by atoms with E-state index in [1.165, 1.54) is 6.07 Å². The van der Waals surface area contributed by atoms with Crippen LogP contribution in [0.2, 0.25) is 0 Å². The molecule has 0 fully saturated rings. The van der Waals surface area contributed by atoms with Gasteiger partial charge in [-0.3, -0.25) is 9.59 Å². The van der Waals surface area contributed by atoms with E-state index in [0.29, 0.717) is 28.8 Å². The van der Waals surface area contributed by atoms with Gasteiger partial charge in [0.2, 0.25) is 0 Å². The zero-order chi connectivity index (χ0) is 22.7. The van der Waals surface area contributed by atoms with Crippen LogP contribution in [0.5, 0.6) is 5.75 Å². The third-order valence-corrected chi connectivity index (χ3v) is 5.45. The van der Waals surface area contributed by atoms with Gasteiger partial charge in [-0.05, 0) is 67.3 Å². The molecule has 0 aliphatic rings. The molecule has 5 nitrogen and oxygen atoms in total. The third-order valence-electron chi connectivity index (χ3n) is 5.45. The van der Waals surface area contributed by atoms with E-state index < -0.39 is 0 Å². The fourth-order valence-corrected chi connectivity index (χ4v) is 3.75. The summed E-state index contributed by atoms with van der Waals surface area (Å²) in [6.45, 7) is 4.42. The van der Waals surface area contributed by atoms with Gasteiger partial charge in [0.25, 0.3) is 5.91 Å². The molecule has 0 saturated heterocycles. The number of fused-ring (bicyclic) bond motifs is 1. The number of nitrogens with one attached hydrogen (secondary N) is 1. The van der Waals surface area contributed by atoms with E-state index in [1.807, 2.05) is 50.2 Å². The quantitative estimate of drug-likeness (QED) is 0.467. The smallest absolute Gasteiger partial charge is 0.251 e. The van der Waals surface area contributed by atoms with Crippen LogP contribution in [0.25, 0.3) is 22.3 Å². The van der Waals surface area contributed by atoms with Crippen LogP contribution in [0.3, 0.4) is 0 Å². The Morgan fingerprint density at radius 3 is 2.38 bits per heavy atom. The number of rotatable bonds is 6. The first-order valence-electron chi connectivity index (χ1n) is 10.5. The van der Waals surface area contributed by atoms with Crippen LogP contribution in [0.4, 0.5) is 0 Å². The van der Waals surface area contributed by atoms with Crippen LogP contribution in [0.1, 0.15) is 27.0 Å². The lowest BCUT2D eigenvalue weighted by Gasteiger charge is -2.08. The third kappa shape index (κ3) is 4.57. The molecule has 0 atom stereocenters. The largest absolute Gasteiger partial charge is 0.497 e. The minimum Gasteiger partial charge on any atom is -0.497 e. The van der Waals surface area contributed by atoms with Crippen LogP contribution in [0, 0.1) is 13.8 Å². The molecule has 1 N–H and O–H groups in total. The minimum atomic E-state index is -0.142. The molecule has 162 valence electrons. The molecule has 0 bridgehead atoms. The van der Waals surface area contributed by atoms with Gasteiger partial charge in [-0.15, -0.1) is 0 Å². The second kappa shape index (κ2) is 9.10. The summed E-state index contributed by atoms with van der Waals surface area (Å²) in [7, 11) is 1.63. The number of aryl methyl sites for hydroxylation is 2. The average Bonchev–Trinajstić information content (AvgIpc) is 2.80. The van der Waals surface area contributed by atoms with Crippen LogP contribution in [0.15, 0.2) is 75.9 Å². The Balaban J connectivity index is 1.45. The number of amides is 1. The lowest BCUT2D eigenvalue weighted by Crippen LogP contribution is -2.25. The topological polar surface area (TPSA) is 68.5 Å². The molecule has 1 amide bonds. The number of hydrogen-bond donors (Lipinski definition) is 1. The zero-order valence-electron chi connectivity index (χ0n) is 18.4. The van der Waals surface area contributed by atoms with E-state index in [2.05, 4.69) is 5.32 Å². The van der Waals surface area contributed by atoms with Crippen molar-refractivity contribution in [3.63, 3.8) is 0 Å². The summed E-state index contributed by atoms with van der Waals surface area (Å²) in [5.74, 6) is 1.16. The standard InChI is InChI=1S/C27H25NO4/c1-17-14-18(2)26-23(15-17)24(29)16-25(32-26)20-6-8-21(9-7-20)27(30)28-13-12-19-4-10-22(31-3)11-5-19/h4-11,14-16H,12-13H2,1-3H3,(H,28,30). The predicted molar refractivity (Wildman–Crippen MR) is 126 cm³/mol. The molecule has 0 aliphatic heterocycles. The van der Waals surface area contributed by atoms with Crippen LogP contribution >= 0.6 is 0 Å². The van der Waals surface area contributed by atoms with Crippen molar-refractivity contribution < 1.29 is 13.9 Å². The van der Waals surface area contributed by atoms with Gasteiger partial charge in [0.15, 0.2) is 5.43 Å². The molecule has 5 heteroatoms. The fourth-order valence-electron chi connectivity index (χ4n) is 3.75.